The number of carbonyl (C=O) groups is 1. The molecular weight excluding hydrogens is 294 g/mol. The first-order valence-electron chi connectivity index (χ1n) is 8.29. The Morgan fingerprint density at radius 2 is 1.96 bits per heavy atom. The number of methoxy groups -OCH3 is 1. The molecule has 0 aliphatic heterocycles. The Labute approximate surface area is 137 Å². The fraction of sp³-hybridized carbons (Fsp3) is 0.111. The van der Waals surface area contributed by atoms with E-state index < -0.39 is 5.97 Å². The van der Waals surface area contributed by atoms with E-state index in [1.165, 1.54) is 19.2 Å². The second kappa shape index (κ2) is 5.96. The van der Waals surface area contributed by atoms with E-state index in [1.54, 1.807) is 25.1 Å². The van der Waals surface area contributed by atoms with Gasteiger partial charge < -0.3 is 14.6 Å². The molecule has 0 amide bonds. The molecule has 0 radical (unpaired) electrons. The molecule has 0 bridgehead atoms. The van der Waals surface area contributed by atoms with Crippen LogP contribution in [0.4, 0.5) is 0 Å². The van der Waals surface area contributed by atoms with Gasteiger partial charge in [-0.1, -0.05) is 18.2 Å². The molecule has 3 aromatic rings. The topological polar surface area (TPSA) is 68.7 Å². The molecule has 0 spiro atoms. The number of fused-ring (bicyclic) bond motifs is 1. The summed E-state index contributed by atoms with van der Waals surface area (Å²) in [5, 5.41) is 11.3. The highest BCUT2D eigenvalue weighted by Crippen LogP contribution is 2.33. The van der Waals surface area contributed by atoms with Gasteiger partial charge >= 0.3 is 5.97 Å². The highest BCUT2D eigenvalue weighted by atomic mass is 16.5. The van der Waals surface area contributed by atoms with Crippen molar-refractivity contribution in [1.29, 1.82) is 0 Å². The van der Waals surface area contributed by atoms with E-state index >= 15 is 0 Å². The number of para-hydroxylation sites is 1. The predicted molar refractivity (Wildman–Crippen MR) is 86.0 cm³/mol. The van der Waals surface area contributed by atoms with Crippen molar-refractivity contribution < 1.29 is 23.5 Å². The van der Waals surface area contributed by atoms with Crippen LogP contribution >= 0.6 is 0 Å². The number of rotatable bonds is 3. The van der Waals surface area contributed by atoms with E-state index in [1.807, 2.05) is 0 Å². The second-order valence-electron chi connectivity index (χ2n) is 4.77. The fourth-order valence-electron chi connectivity index (χ4n) is 2.21. The smallest absolute Gasteiger partial charge is 0.360 e. The summed E-state index contributed by atoms with van der Waals surface area (Å²) >= 11 is 0. The Bertz CT molecular complexity index is 1010. The molecule has 1 heterocycles. The minimum absolute atomic E-state index is 0.0290. The van der Waals surface area contributed by atoms with Crippen LogP contribution in [0, 0.1) is 6.92 Å². The summed E-state index contributed by atoms with van der Waals surface area (Å²) in [5.41, 5.74) is 0.321. The van der Waals surface area contributed by atoms with Crippen molar-refractivity contribution in [2.75, 3.05) is 7.11 Å². The molecule has 0 fully saturated rings. The molecule has 5 heteroatoms. The van der Waals surface area contributed by atoms with Crippen molar-refractivity contribution in [3.8, 4) is 17.2 Å². The first-order chi connectivity index (χ1) is 12.3. The zero-order chi connectivity index (χ0) is 19.0. The lowest BCUT2D eigenvalue weighted by Crippen LogP contribution is -2.06. The molecule has 0 unspecified atom stereocenters. The number of hydrogen-bond donors (Lipinski definition) is 1. The average molecular weight is 312 g/mol. The minimum Gasteiger partial charge on any atom is -0.505 e. The minimum atomic E-state index is -0.735. The molecule has 0 atom stereocenters. The van der Waals surface area contributed by atoms with Crippen LogP contribution in [0.15, 0.2) is 48.5 Å². The zero-order valence-corrected chi connectivity index (χ0v) is 12.5. The van der Waals surface area contributed by atoms with Crippen LogP contribution in [0.5, 0.6) is 17.2 Å². The van der Waals surface area contributed by atoms with Crippen LogP contribution in [0.1, 0.15) is 20.3 Å². The summed E-state index contributed by atoms with van der Waals surface area (Å²) < 4.78 is 33.5. The van der Waals surface area contributed by atoms with E-state index in [0.717, 1.165) is 0 Å². The Kier molecular flexibility index (Phi) is 2.98. The van der Waals surface area contributed by atoms with Crippen LogP contribution in [0.25, 0.3) is 10.8 Å². The number of pyridine rings is 1. The number of esters is 1. The number of aromatic nitrogens is 1. The van der Waals surface area contributed by atoms with Gasteiger partial charge in [-0.3, -0.25) is 0 Å². The maximum Gasteiger partial charge on any atom is 0.360 e. The Morgan fingerprint density at radius 3 is 2.65 bits per heavy atom. The van der Waals surface area contributed by atoms with E-state index in [4.69, 9.17) is 8.85 Å². The molecule has 0 aliphatic rings. The highest BCUT2D eigenvalue weighted by molar-refractivity contribution is 6.00. The van der Waals surface area contributed by atoms with Crippen molar-refractivity contribution in [3.63, 3.8) is 0 Å². The number of ether oxygens (including phenoxy) is 2. The molecule has 0 saturated heterocycles. The third-order valence-electron chi connectivity index (χ3n) is 3.31. The van der Waals surface area contributed by atoms with Gasteiger partial charge in [-0.15, -0.1) is 0 Å². The molecule has 1 aromatic heterocycles. The number of nitrogens with zero attached hydrogens (tertiary/aromatic N) is 1. The van der Waals surface area contributed by atoms with E-state index in [2.05, 4.69) is 9.72 Å². The van der Waals surface area contributed by atoms with Crippen LogP contribution < -0.4 is 4.74 Å². The zero-order valence-electron chi connectivity index (χ0n) is 15.5. The van der Waals surface area contributed by atoms with E-state index in [-0.39, 0.29) is 35.3 Å². The molecule has 116 valence electrons. The molecule has 0 aliphatic carbocycles. The molecule has 3 rings (SSSR count). The number of benzene rings is 2. The first-order valence-corrected chi connectivity index (χ1v) is 6.79. The predicted octanol–water partition coefficient (Wildman–Crippen LogP) is 3.83. The van der Waals surface area contributed by atoms with Gasteiger partial charge in [0.05, 0.1) is 11.2 Å². The van der Waals surface area contributed by atoms with Gasteiger partial charge in [-0.05, 0) is 37.2 Å². The normalized spacial score (nSPS) is 12.3. The SMILES string of the molecule is [2H]c1cc([2H])c(Oc2ccc3c(O)c(C(=O)OC)nc(C)c3c2)c([2H])c1. The fourth-order valence-corrected chi connectivity index (χ4v) is 2.21. The molecule has 5 nitrogen and oxygen atoms in total. The molecule has 23 heavy (non-hydrogen) atoms. The Balaban J connectivity index is 2.08. The summed E-state index contributed by atoms with van der Waals surface area (Å²) in [6.45, 7) is 1.68. The van der Waals surface area contributed by atoms with Gasteiger partial charge in [0.2, 0.25) is 0 Å². The lowest BCUT2D eigenvalue weighted by Gasteiger charge is -2.11. The number of carbonyl (C=O) groups excluding carboxylic acids is 1. The largest absolute Gasteiger partial charge is 0.505 e. The molecule has 1 N–H and O–H groups in total. The van der Waals surface area contributed by atoms with Crippen LogP contribution in [-0.2, 0) is 4.74 Å². The molecule has 0 saturated carbocycles. The second-order valence-corrected chi connectivity index (χ2v) is 4.77. The summed E-state index contributed by atoms with van der Waals surface area (Å²) in [5.74, 6) is -0.653. The summed E-state index contributed by atoms with van der Waals surface area (Å²) in [7, 11) is 1.21. The van der Waals surface area contributed by atoms with Gasteiger partial charge in [-0.25, -0.2) is 9.78 Å². The van der Waals surface area contributed by atoms with Crippen molar-refractivity contribution in [3.05, 3.63) is 59.8 Å². The Hall–Kier alpha value is -3.08. The highest BCUT2D eigenvalue weighted by Gasteiger charge is 2.18. The van der Waals surface area contributed by atoms with Crippen LogP contribution in [0.2, 0.25) is 0 Å². The number of aromatic hydroxyl groups is 1. The van der Waals surface area contributed by atoms with Crippen molar-refractivity contribution in [1.82, 2.24) is 4.98 Å². The summed E-state index contributed by atoms with van der Waals surface area (Å²) in [6, 6.07) is 7.22. The molecule has 2 aromatic carbocycles. The third-order valence-corrected chi connectivity index (χ3v) is 3.31. The summed E-state index contributed by atoms with van der Waals surface area (Å²) in [6.07, 6.45) is 0. The van der Waals surface area contributed by atoms with Gasteiger partial charge in [0.15, 0.2) is 11.4 Å². The summed E-state index contributed by atoms with van der Waals surface area (Å²) in [4.78, 5) is 15.8. The maximum atomic E-state index is 11.7. The van der Waals surface area contributed by atoms with Crippen molar-refractivity contribution in [2.24, 2.45) is 0 Å². The maximum absolute atomic E-state index is 11.7. The van der Waals surface area contributed by atoms with Gasteiger partial charge in [0.25, 0.3) is 0 Å². The van der Waals surface area contributed by atoms with Crippen molar-refractivity contribution in [2.45, 2.75) is 6.92 Å². The quantitative estimate of drug-likeness (QED) is 0.744. The lowest BCUT2D eigenvalue weighted by atomic mass is 10.1. The van der Waals surface area contributed by atoms with Gasteiger partial charge in [0, 0.05) is 16.5 Å². The first kappa shape index (κ1) is 11.5. The molecular formula is C18H15NO4. The number of hydrogen-bond acceptors (Lipinski definition) is 5. The monoisotopic (exact) mass is 312 g/mol. The van der Waals surface area contributed by atoms with Crippen LogP contribution in [0.3, 0.4) is 0 Å². The third kappa shape index (κ3) is 2.81. The Morgan fingerprint density at radius 1 is 1.22 bits per heavy atom. The van der Waals surface area contributed by atoms with Gasteiger partial charge in [-0.2, -0.15) is 0 Å². The van der Waals surface area contributed by atoms with Gasteiger partial charge in [0.1, 0.15) is 11.5 Å². The van der Waals surface area contributed by atoms with E-state index in [0.29, 0.717) is 22.2 Å². The van der Waals surface area contributed by atoms with Crippen molar-refractivity contribution >= 4 is 16.7 Å². The van der Waals surface area contributed by atoms with Crippen LogP contribution in [-0.4, -0.2) is 23.2 Å². The average Bonchev–Trinajstić information content (AvgIpc) is 2.60. The van der Waals surface area contributed by atoms with E-state index in [9.17, 15) is 9.90 Å². The number of aryl methyl sites for hydroxylation is 1. The standard InChI is InChI=1S/C18H15NO4/c1-11-15-10-13(23-12-6-4-3-5-7-12)8-9-14(15)17(20)16(19-11)18(21)22-2/h3-10,20H,1-2H3/i3D,6D,7D. The lowest BCUT2D eigenvalue weighted by molar-refractivity contribution is 0.0590.